The molecule has 1 heterocycles. The highest BCUT2D eigenvalue weighted by Gasteiger charge is 2.17. The van der Waals surface area contributed by atoms with Crippen molar-refractivity contribution in [3.8, 4) is 0 Å². The van der Waals surface area contributed by atoms with Crippen molar-refractivity contribution >= 4 is 34.4 Å². The van der Waals surface area contributed by atoms with Gasteiger partial charge >= 0.3 is 6.03 Å². The van der Waals surface area contributed by atoms with Crippen LogP contribution in [0.2, 0.25) is 0 Å². The Morgan fingerprint density at radius 1 is 1.43 bits per heavy atom. The van der Waals surface area contributed by atoms with Crippen molar-refractivity contribution in [3.05, 3.63) is 11.1 Å². The van der Waals surface area contributed by atoms with Gasteiger partial charge in [-0.2, -0.15) is 9.98 Å². The molecular weight excluding hydrogens is 292 g/mol. The topological polar surface area (TPSA) is 162 Å². The summed E-state index contributed by atoms with van der Waals surface area (Å²) in [6, 6.07) is -0.792. The Hall–Kier alpha value is -2.36. The number of aromatic nitrogens is 1. The van der Waals surface area contributed by atoms with E-state index in [1.807, 2.05) is 12.3 Å². The van der Waals surface area contributed by atoms with E-state index in [0.29, 0.717) is 11.6 Å². The SMILES string of the molecule is CCC(Cc1csc(N=C(N)N)n1)N(C)C(N)=NC(N)=O. The summed E-state index contributed by atoms with van der Waals surface area (Å²) < 4.78 is 0. The molecule has 0 saturated heterocycles. The smallest absolute Gasteiger partial charge is 0.341 e. The monoisotopic (exact) mass is 312 g/mol. The third kappa shape index (κ3) is 5.26. The van der Waals surface area contributed by atoms with E-state index in [0.717, 1.165) is 12.1 Å². The summed E-state index contributed by atoms with van der Waals surface area (Å²) in [5, 5.41) is 2.38. The van der Waals surface area contributed by atoms with E-state index < -0.39 is 6.03 Å². The van der Waals surface area contributed by atoms with E-state index >= 15 is 0 Å². The highest BCUT2D eigenvalue weighted by molar-refractivity contribution is 7.13. The molecule has 1 aromatic heterocycles. The first-order valence-electron chi connectivity index (χ1n) is 6.24. The maximum absolute atomic E-state index is 10.8. The Balaban J connectivity index is 2.80. The minimum Gasteiger partial charge on any atom is -0.370 e. The van der Waals surface area contributed by atoms with Gasteiger partial charge in [0.05, 0.1) is 5.69 Å². The number of guanidine groups is 2. The standard InChI is InChI=1S/C11H20N8OS/c1-3-7(19(2)9(14)18-10(15)20)4-6-5-21-11(16-6)17-8(12)13/h5,7H,3-4H2,1-2H3,(H4,12,13,16,17)(H4,14,15,18,20). The first-order valence-corrected chi connectivity index (χ1v) is 7.11. The molecule has 9 nitrogen and oxygen atoms in total. The fourth-order valence-electron chi connectivity index (χ4n) is 1.73. The van der Waals surface area contributed by atoms with E-state index in [2.05, 4.69) is 15.0 Å². The van der Waals surface area contributed by atoms with Crippen LogP contribution in [0.15, 0.2) is 15.4 Å². The second-order valence-corrected chi connectivity index (χ2v) is 5.18. The number of nitrogens with two attached hydrogens (primary N) is 4. The van der Waals surface area contributed by atoms with Crippen LogP contribution in [0.4, 0.5) is 9.93 Å². The maximum atomic E-state index is 10.8. The molecule has 10 heteroatoms. The van der Waals surface area contributed by atoms with Crippen molar-refractivity contribution in [3.63, 3.8) is 0 Å². The Morgan fingerprint density at radius 2 is 2.10 bits per heavy atom. The minimum absolute atomic E-state index is 0.0297. The molecule has 1 rings (SSSR count). The lowest BCUT2D eigenvalue weighted by atomic mass is 10.1. The molecule has 0 aliphatic rings. The normalized spacial score (nSPS) is 12.8. The minimum atomic E-state index is -0.821. The molecule has 0 aromatic carbocycles. The molecule has 21 heavy (non-hydrogen) atoms. The predicted molar refractivity (Wildman–Crippen MR) is 84.3 cm³/mol. The predicted octanol–water partition coefficient (Wildman–Crippen LogP) is -0.306. The van der Waals surface area contributed by atoms with E-state index in [-0.39, 0.29) is 18.0 Å². The van der Waals surface area contributed by atoms with Gasteiger partial charge in [0.2, 0.25) is 11.1 Å². The highest BCUT2D eigenvalue weighted by atomic mass is 32.1. The number of carbonyl (C=O) groups is 1. The fraction of sp³-hybridized carbons (Fsp3) is 0.455. The molecule has 0 aliphatic carbocycles. The number of carbonyl (C=O) groups excluding carboxylic acids is 1. The van der Waals surface area contributed by atoms with Gasteiger partial charge in [-0.05, 0) is 6.42 Å². The van der Waals surface area contributed by atoms with Gasteiger partial charge in [-0.25, -0.2) is 9.78 Å². The Labute approximate surface area is 126 Å². The molecule has 8 N–H and O–H groups in total. The molecule has 116 valence electrons. The average molecular weight is 312 g/mol. The van der Waals surface area contributed by atoms with Gasteiger partial charge < -0.3 is 27.8 Å². The van der Waals surface area contributed by atoms with Crippen LogP contribution < -0.4 is 22.9 Å². The number of rotatable bonds is 5. The van der Waals surface area contributed by atoms with Crippen molar-refractivity contribution in [2.75, 3.05) is 7.05 Å². The number of amides is 2. The van der Waals surface area contributed by atoms with Gasteiger partial charge in [0.1, 0.15) is 0 Å². The molecule has 1 unspecified atom stereocenters. The Bertz CT molecular complexity index is 548. The van der Waals surface area contributed by atoms with E-state index in [1.165, 1.54) is 11.3 Å². The number of hydrogen-bond donors (Lipinski definition) is 4. The van der Waals surface area contributed by atoms with Gasteiger partial charge in [-0.3, -0.25) is 0 Å². The van der Waals surface area contributed by atoms with Gasteiger partial charge in [-0.15, -0.1) is 11.3 Å². The van der Waals surface area contributed by atoms with Crippen molar-refractivity contribution in [2.24, 2.45) is 32.9 Å². The lowest BCUT2D eigenvalue weighted by molar-refractivity contribution is 0.256. The zero-order valence-corrected chi connectivity index (χ0v) is 12.8. The van der Waals surface area contributed by atoms with Crippen LogP contribution >= 0.6 is 11.3 Å². The highest BCUT2D eigenvalue weighted by Crippen LogP contribution is 2.20. The fourth-order valence-corrected chi connectivity index (χ4v) is 2.45. The zero-order valence-electron chi connectivity index (χ0n) is 12.0. The molecule has 0 bridgehead atoms. The Kier molecular flexibility index (Phi) is 5.91. The third-order valence-electron chi connectivity index (χ3n) is 2.81. The van der Waals surface area contributed by atoms with E-state index in [4.69, 9.17) is 22.9 Å². The van der Waals surface area contributed by atoms with Crippen LogP contribution in [-0.4, -0.2) is 40.9 Å². The molecule has 1 atom stereocenters. The first kappa shape index (κ1) is 16.7. The summed E-state index contributed by atoms with van der Waals surface area (Å²) in [5.74, 6) is 0.0481. The summed E-state index contributed by atoms with van der Waals surface area (Å²) >= 11 is 1.35. The van der Waals surface area contributed by atoms with Crippen LogP contribution in [0.5, 0.6) is 0 Å². The second-order valence-electron chi connectivity index (χ2n) is 4.34. The van der Waals surface area contributed by atoms with Gasteiger partial charge in [-0.1, -0.05) is 6.92 Å². The third-order valence-corrected chi connectivity index (χ3v) is 3.60. The van der Waals surface area contributed by atoms with Gasteiger partial charge in [0.25, 0.3) is 0 Å². The van der Waals surface area contributed by atoms with Crippen LogP contribution in [0.3, 0.4) is 0 Å². The molecule has 0 aliphatic heterocycles. The maximum Gasteiger partial charge on any atom is 0.341 e. The van der Waals surface area contributed by atoms with Crippen LogP contribution in [0.25, 0.3) is 0 Å². The number of likely N-dealkylation sites (N-methyl/N-ethyl adjacent to an activating group) is 1. The molecule has 0 fully saturated rings. The first-order chi connectivity index (χ1) is 9.83. The van der Waals surface area contributed by atoms with Crippen molar-refractivity contribution in [2.45, 2.75) is 25.8 Å². The summed E-state index contributed by atoms with van der Waals surface area (Å²) in [5.41, 5.74) is 22.2. The summed E-state index contributed by atoms with van der Waals surface area (Å²) in [7, 11) is 1.75. The Morgan fingerprint density at radius 3 is 2.62 bits per heavy atom. The van der Waals surface area contributed by atoms with Crippen LogP contribution in [0, 0.1) is 0 Å². The van der Waals surface area contributed by atoms with Crippen molar-refractivity contribution < 1.29 is 4.79 Å². The largest absolute Gasteiger partial charge is 0.370 e. The molecule has 0 radical (unpaired) electrons. The van der Waals surface area contributed by atoms with Crippen molar-refractivity contribution in [1.29, 1.82) is 0 Å². The van der Waals surface area contributed by atoms with Crippen LogP contribution in [-0.2, 0) is 6.42 Å². The second kappa shape index (κ2) is 7.43. The summed E-state index contributed by atoms with van der Waals surface area (Å²) in [6.45, 7) is 2.00. The average Bonchev–Trinajstić information content (AvgIpc) is 2.80. The van der Waals surface area contributed by atoms with Crippen molar-refractivity contribution in [1.82, 2.24) is 9.88 Å². The molecule has 1 aromatic rings. The molecule has 0 saturated carbocycles. The van der Waals surface area contributed by atoms with Crippen LogP contribution in [0.1, 0.15) is 19.0 Å². The molecule has 2 amide bonds. The lowest BCUT2D eigenvalue weighted by Crippen LogP contribution is -2.43. The van der Waals surface area contributed by atoms with E-state index in [1.54, 1.807) is 11.9 Å². The van der Waals surface area contributed by atoms with Gasteiger partial charge in [0, 0.05) is 24.9 Å². The van der Waals surface area contributed by atoms with E-state index in [9.17, 15) is 4.79 Å². The number of nitrogens with zero attached hydrogens (tertiary/aromatic N) is 4. The lowest BCUT2D eigenvalue weighted by Gasteiger charge is -2.27. The molecule has 0 spiro atoms. The number of thiazole rings is 1. The van der Waals surface area contributed by atoms with Gasteiger partial charge in [0.15, 0.2) is 5.96 Å². The summed E-state index contributed by atoms with van der Waals surface area (Å²) in [6.07, 6.45) is 1.42. The number of hydrogen-bond acceptors (Lipinski definition) is 4. The number of primary amides is 1. The molecular formula is C11H20N8OS. The number of aliphatic imine (C=N–C) groups is 2. The quantitative estimate of drug-likeness (QED) is 0.430. The number of urea groups is 1. The summed E-state index contributed by atoms with van der Waals surface area (Å²) in [4.78, 5) is 24.2. The zero-order chi connectivity index (χ0) is 16.0.